The van der Waals surface area contributed by atoms with Gasteiger partial charge in [-0.25, -0.2) is 0 Å². The number of phenols is 1. The molecule has 0 aromatic heterocycles. The molecule has 3 aromatic carbocycles. The third-order valence-corrected chi connectivity index (χ3v) is 14.0. The Kier molecular flexibility index (Phi) is 13.5. The van der Waals surface area contributed by atoms with Crippen LogP contribution in [0.1, 0.15) is 104 Å². The Morgan fingerprint density at radius 1 is 0.733 bits per heavy atom. The average Bonchev–Trinajstić information content (AvgIpc) is 3.77. The fourth-order valence-electron chi connectivity index (χ4n) is 9.10. The molecule has 1 saturated carbocycles. The smallest absolute Gasteiger partial charge is 0.508 e. The number of likely N-dealkylation sites (N-methyl/N-ethyl adjacent to an activating group) is 1. The van der Waals surface area contributed by atoms with Crippen molar-refractivity contribution in [3.8, 4) is 5.75 Å². The first kappa shape index (κ1) is 44.8. The molecule has 7 nitrogen and oxygen atoms in total. The quantitative estimate of drug-likeness (QED) is 0.121. The topological polar surface area (TPSA) is 67.1 Å². The Morgan fingerprint density at radius 3 is 1.67 bits per heavy atom. The van der Waals surface area contributed by atoms with Gasteiger partial charge in [-0.15, -0.1) is 3.98 Å². The molecule has 3 aliphatic rings. The molecule has 0 unspecified atom stereocenters. The zero-order chi connectivity index (χ0) is 43.5. The van der Waals surface area contributed by atoms with Gasteiger partial charge in [0.05, 0.1) is 6.54 Å². The van der Waals surface area contributed by atoms with E-state index in [1.54, 1.807) is 24.1 Å². The molecule has 1 N–H and O–H groups in total. The van der Waals surface area contributed by atoms with Crippen molar-refractivity contribution < 1.29 is 30.7 Å². The van der Waals surface area contributed by atoms with Gasteiger partial charge in [-0.1, -0.05) is 122 Å². The number of aromatic hydroxyl groups is 1. The molecule has 11 heteroatoms. The van der Waals surface area contributed by atoms with Crippen molar-refractivity contribution >= 4 is 32.8 Å². The molecule has 2 heterocycles. The van der Waals surface area contributed by atoms with Gasteiger partial charge in [-0.05, 0) is 73.2 Å². The van der Waals surface area contributed by atoms with Crippen LogP contribution in [0.4, 0.5) is 30.2 Å². The maximum absolute atomic E-state index is 14.9. The standard InChI is InChI=1S/C49H61F3N4O3S/c1-8-10-16-31-54-42-23-14-12-21-40(42)47(3,4)44(54)29-27-36-25-26-37(28-30-45-48(5,6)41-22-13-15-24-43(41)55(45)32-17-11-9-2)46(36)56(60(58,59)49(50,51)52)34-33-53(7)38-19-18-20-39(57)35-38/h12-15,18-24,27-30,35H,8-11,16-17,25-26,31-34H2,1-7H3/p+1. The molecule has 1 fully saturated rings. The SMILES string of the molecule is CCCCCN1/C(=C/C=C2\CC/C(=C\C=C3\N(CCCCC)c4ccccc4C3(C)C)C2=[N+](CCN(C)c2cccc(O)c2)S(=O)(=O)C(F)(F)F)C(C)(C)c2ccccc21. The van der Waals surface area contributed by atoms with E-state index < -0.39 is 32.9 Å². The molecule has 2 aliphatic heterocycles. The summed E-state index contributed by atoms with van der Waals surface area (Å²) in [6.45, 7) is 14.0. The molecule has 0 saturated heterocycles. The lowest BCUT2D eigenvalue weighted by Gasteiger charge is -2.27. The van der Waals surface area contributed by atoms with E-state index in [2.05, 4.69) is 75.6 Å². The number of anilines is 3. The Bertz CT molecular complexity index is 2210. The average molecular weight is 844 g/mol. The summed E-state index contributed by atoms with van der Waals surface area (Å²) >= 11 is 0. The molecular weight excluding hydrogens is 782 g/mol. The van der Waals surface area contributed by atoms with Gasteiger partial charge in [0.25, 0.3) is 0 Å². The summed E-state index contributed by atoms with van der Waals surface area (Å²) in [5.74, 6) is 0.00209. The van der Waals surface area contributed by atoms with E-state index in [-0.39, 0.29) is 18.0 Å². The zero-order valence-corrected chi connectivity index (χ0v) is 37.1. The number of unbranched alkanes of at least 4 members (excludes halogenated alkanes) is 4. The van der Waals surface area contributed by atoms with Gasteiger partial charge in [-0.2, -0.15) is 21.6 Å². The number of nitrogens with zero attached hydrogens (tertiary/aromatic N) is 4. The normalized spacial score (nSPS) is 19.9. The van der Waals surface area contributed by atoms with Crippen LogP contribution in [0.2, 0.25) is 0 Å². The molecule has 0 atom stereocenters. The summed E-state index contributed by atoms with van der Waals surface area (Å²) in [7, 11) is -4.18. The van der Waals surface area contributed by atoms with E-state index >= 15 is 0 Å². The van der Waals surface area contributed by atoms with Gasteiger partial charge in [0, 0.05) is 76.6 Å². The predicted octanol–water partition coefficient (Wildman–Crippen LogP) is 11.5. The van der Waals surface area contributed by atoms with Crippen molar-refractivity contribution in [2.45, 2.75) is 109 Å². The second kappa shape index (κ2) is 18.1. The first-order valence-corrected chi connectivity index (χ1v) is 22.9. The van der Waals surface area contributed by atoms with Crippen LogP contribution >= 0.6 is 0 Å². The van der Waals surface area contributed by atoms with Crippen LogP contribution in [-0.2, 0) is 20.9 Å². The summed E-state index contributed by atoms with van der Waals surface area (Å²) < 4.78 is 73.0. The van der Waals surface area contributed by atoms with Crippen LogP contribution in [0.3, 0.4) is 0 Å². The Hall–Kier alpha value is -4.77. The van der Waals surface area contributed by atoms with Crippen LogP contribution in [0, 0.1) is 0 Å². The highest BCUT2D eigenvalue weighted by molar-refractivity contribution is 7.86. The van der Waals surface area contributed by atoms with E-state index in [1.807, 2.05) is 48.6 Å². The molecule has 322 valence electrons. The van der Waals surface area contributed by atoms with Gasteiger partial charge in [0.1, 0.15) is 5.75 Å². The minimum absolute atomic E-state index is 0.00209. The number of rotatable bonds is 15. The number of sulfonamides is 1. The number of para-hydroxylation sites is 2. The van der Waals surface area contributed by atoms with Crippen molar-refractivity contribution in [1.29, 1.82) is 0 Å². The lowest BCUT2D eigenvalue weighted by Crippen LogP contribution is -2.41. The fraction of sp³-hybridized carbons (Fsp3) is 0.449. The first-order chi connectivity index (χ1) is 28.4. The summed E-state index contributed by atoms with van der Waals surface area (Å²) in [5.41, 5.74) is 1.98. The number of allylic oxidation sites excluding steroid dienone is 8. The minimum Gasteiger partial charge on any atom is -0.508 e. The van der Waals surface area contributed by atoms with E-state index in [0.29, 0.717) is 33.7 Å². The zero-order valence-electron chi connectivity index (χ0n) is 36.3. The second-order valence-electron chi connectivity index (χ2n) is 17.3. The fourth-order valence-corrected chi connectivity index (χ4v) is 10.1. The maximum Gasteiger partial charge on any atom is 0.560 e. The van der Waals surface area contributed by atoms with Crippen molar-refractivity contribution in [2.75, 3.05) is 47.9 Å². The summed E-state index contributed by atoms with van der Waals surface area (Å²) in [5, 5.41) is 10.1. The van der Waals surface area contributed by atoms with E-state index in [0.717, 1.165) is 74.4 Å². The molecule has 0 amide bonds. The lowest BCUT2D eigenvalue weighted by molar-refractivity contribution is -0.373. The number of phenolic OH excluding ortho intramolecular Hbond substituents is 1. The highest BCUT2D eigenvalue weighted by Crippen LogP contribution is 2.49. The number of hydrogen-bond donors (Lipinski definition) is 1. The number of halogens is 3. The molecule has 0 bridgehead atoms. The number of alkyl halides is 3. The van der Waals surface area contributed by atoms with E-state index in [1.165, 1.54) is 23.3 Å². The molecule has 0 spiro atoms. The van der Waals surface area contributed by atoms with Crippen molar-refractivity contribution in [3.05, 3.63) is 131 Å². The highest BCUT2D eigenvalue weighted by atomic mass is 32.2. The number of hydrogen-bond acceptors (Lipinski definition) is 6. The largest absolute Gasteiger partial charge is 0.560 e. The van der Waals surface area contributed by atoms with Crippen LogP contribution < -0.4 is 14.7 Å². The van der Waals surface area contributed by atoms with Gasteiger partial charge < -0.3 is 19.8 Å². The Labute approximate surface area is 356 Å². The first-order valence-electron chi connectivity index (χ1n) is 21.5. The van der Waals surface area contributed by atoms with Crippen molar-refractivity contribution in [2.24, 2.45) is 0 Å². The number of benzene rings is 3. The van der Waals surface area contributed by atoms with Crippen LogP contribution in [0.25, 0.3) is 0 Å². The van der Waals surface area contributed by atoms with Crippen LogP contribution in [-0.4, -0.2) is 62.0 Å². The van der Waals surface area contributed by atoms with Crippen molar-refractivity contribution in [1.82, 2.24) is 0 Å². The minimum atomic E-state index is -5.86. The van der Waals surface area contributed by atoms with Crippen LogP contribution in [0.5, 0.6) is 5.75 Å². The highest BCUT2D eigenvalue weighted by Gasteiger charge is 2.57. The third kappa shape index (κ3) is 8.83. The van der Waals surface area contributed by atoms with E-state index in [9.17, 15) is 26.7 Å². The predicted molar refractivity (Wildman–Crippen MR) is 241 cm³/mol. The third-order valence-electron chi connectivity index (χ3n) is 12.5. The molecule has 6 rings (SSSR count). The van der Waals surface area contributed by atoms with Gasteiger partial charge in [-0.3, -0.25) is 0 Å². The summed E-state index contributed by atoms with van der Waals surface area (Å²) in [4.78, 5) is 6.29. The molecule has 1 aliphatic carbocycles. The Balaban J connectivity index is 1.54. The molecule has 3 aromatic rings. The maximum atomic E-state index is 14.9. The monoisotopic (exact) mass is 843 g/mol. The summed E-state index contributed by atoms with van der Waals surface area (Å²) in [6, 6.07) is 23.0. The molecular formula is C49H62F3N4O3S+. The summed E-state index contributed by atoms with van der Waals surface area (Å²) in [6.07, 6.45) is 14.7. The van der Waals surface area contributed by atoms with Crippen molar-refractivity contribution in [3.63, 3.8) is 0 Å². The van der Waals surface area contributed by atoms with Gasteiger partial charge in [0.2, 0.25) is 5.71 Å². The number of fused-ring (bicyclic) bond motifs is 2. The van der Waals surface area contributed by atoms with Crippen LogP contribution in [0.15, 0.2) is 120 Å². The van der Waals surface area contributed by atoms with Gasteiger partial charge in [0.15, 0.2) is 6.54 Å². The van der Waals surface area contributed by atoms with Gasteiger partial charge >= 0.3 is 15.5 Å². The Morgan fingerprint density at radius 2 is 1.22 bits per heavy atom. The second-order valence-corrected chi connectivity index (χ2v) is 19.2. The van der Waals surface area contributed by atoms with E-state index in [4.69, 9.17) is 0 Å². The molecule has 0 radical (unpaired) electrons. The molecule has 60 heavy (non-hydrogen) atoms. The lowest BCUT2D eigenvalue weighted by atomic mass is 9.83.